The second kappa shape index (κ2) is 4.36. The fourth-order valence-corrected chi connectivity index (χ4v) is 1.18. The fraction of sp³-hybridized carbons (Fsp3) is 0.300. The van der Waals surface area contributed by atoms with Gasteiger partial charge in [-0.05, 0) is 12.5 Å². The van der Waals surface area contributed by atoms with Crippen LogP contribution in [0.15, 0.2) is 35.5 Å². The first kappa shape index (κ1) is 9.40. The van der Waals surface area contributed by atoms with Gasteiger partial charge >= 0.3 is 0 Å². The predicted octanol–water partition coefficient (Wildman–Crippen LogP) is 2.45. The number of rotatable bonds is 3. The topological polar surface area (TPSA) is 53.2 Å². The van der Waals surface area contributed by atoms with E-state index in [9.17, 15) is 4.91 Å². The highest BCUT2D eigenvalue weighted by Crippen LogP contribution is 2.20. The van der Waals surface area contributed by atoms with Crippen molar-refractivity contribution in [3.63, 3.8) is 0 Å². The molecule has 0 aromatic heterocycles. The Morgan fingerprint density at radius 1 is 1.38 bits per heavy atom. The van der Waals surface area contributed by atoms with Crippen LogP contribution >= 0.6 is 0 Å². The maximum atomic E-state index is 10.3. The van der Waals surface area contributed by atoms with Crippen LogP contribution in [0.2, 0.25) is 0 Å². The number of nitriles is 1. The molecule has 0 heterocycles. The molecule has 2 atom stereocenters. The van der Waals surface area contributed by atoms with Crippen molar-refractivity contribution in [2.45, 2.75) is 18.9 Å². The van der Waals surface area contributed by atoms with Crippen LogP contribution in [0.3, 0.4) is 0 Å². The maximum Gasteiger partial charge on any atom is 0.109 e. The summed E-state index contributed by atoms with van der Waals surface area (Å²) in [5.74, 6) is -0.432. The third kappa shape index (κ3) is 2.12. The molecular formula is C10H10N2O. The minimum Gasteiger partial charge on any atom is -0.198 e. The number of nitrogens with zero attached hydrogens (tertiary/aromatic N) is 2. The Morgan fingerprint density at radius 2 is 2.00 bits per heavy atom. The molecule has 13 heavy (non-hydrogen) atoms. The number of hydrogen-bond acceptors (Lipinski definition) is 3. The number of benzene rings is 1. The zero-order valence-corrected chi connectivity index (χ0v) is 7.34. The van der Waals surface area contributed by atoms with Gasteiger partial charge in [0.15, 0.2) is 0 Å². The van der Waals surface area contributed by atoms with Gasteiger partial charge < -0.3 is 0 Å². The van der Waals surface area contributed by atoms with Gasteiger partial charge in [0.25, 0.3) is 0 Å². The first-order valence-corrected chi connectivity index (χ1v) is 4.06. The molecule has 1 aromatic carbocycles. The lowest BCUT2D eigenvalue weighted by atomic mass is 9.95. The summed E-state index contributed by atoms with van der Waals surface area (Å²) >= 11 is 0. The van der Waals surface area contributed by atoms with E-state index in [1.54, 1.807) is 6.92 Å². The molecule has 0 saturated carbocycles. The Labute approximate surface area is 77.0 Å². The van der Waals surface area contributed by atoms with Crippen LogP contribution in [-0.2, 0) is 0 Å². The van der Waals surface area contributed by atoms with E-state index in [1.807, 2.05) is 30.3 Å². The Kier molecular flexibility index (Phi) is 3.15. The van der Waals surface area contributed by atoms with Gasteiger partial charge in [0.2, 0.25) is 0 Å². The Bertz CT molecular complexity index is 315. The SMILES string of the molecule is CC(N=O)C(C#N)c1ccccc1. The molecule has 0 amide bonds. The van der Waals surface area contributed by atoms with Crippen molar-refractivity contribution < 1.29 is 0 Å². The van der Waals surface area contributed by atoms with Crippen LogP contribution in [0.5, 0.6) is 0 Å². The van der Waals surface area contributed by atoms with E-state index in [-0.39, 0.29) is 0 Å². The summed E-state index contributed by atoms with van der Waals surface area (Å²) < 4.78 is 0. The van der Waals surface area contributed by atoms with Crippen LogP contribution in [0.4, 0.5) is 0 Å². The summed E-state index contributed by atoms with van der Waals surface area (Å²) in [6.45, 7) is 1.65. The second-order valence-corrected chi connectivity index (χ2v) is 2.86. The van der Waals surface area contributed by atoms with Gasteiger partial charge in [-0.15, -0.1) is 0 Å². The summed E-state index contributed by atoms with van der Waals surface area (Å²) in [5, 5.41) is 11.7. The normalized spacial score (nSPS) is 14.2. The highest BCUT2D eigenvalue weighted by Gasteiger charge is 2.18. The molecule has 3 heteroatoms. The molecule has 2 unspecified atom stereocenters. The van der Waals surface area contributed by atoms with Crippen LogP contribution < -0.4 is 0 Å². The zero-order valence-electron chi connectivity index (χ0n) is 7.34. The molecule has 0 aliphatic rings. The van der Waals surface area contributed by atoms with Crippen molar-refractivity contribution in [2.24, 2.45) is 5.18 Å². The van der Waals surface area contributed by atoms with E-state index >= 15 is 0 Å². The standard InChI is InChI=1S/C10H10N2O/c1-8(12-13)10(7-11)9-5-3-2-4-6-9/h2-6,8,10H,1H3. The summed E-state index contributed by atoms with van der Waals surface area (Å²) in [6, 6.07) is 10.8. The largest absolute Gasteiger partial charge is 0.198 e. The third-order valence-electron chi connectivity index (χ3n) is 1.95. The van der Waals surface area contributed by atoms with Gasteiger partial charge in [0.1, 0.15) is 6.04 Å². The van der Waals surface area contributed by atoms with E-state index in [2.05, 4.69) is 11.2 Å². The fourth-order valence-electron chi connectivity index (χ4n) is 1.18. The van der Waals surface area contributed by atoms with Crippen LogP contribution in [-0.4, -0.2) is 6.04 Å². The lowest BCUT2D eigenvalue weighted by Crippen LogP contribution is -2.10. The van der Waals surface area contributed by atoms with Crippen molar-refractivity contribution in [3.8, 4) is 6.07 Å². The highest BCUT2D eigenvalue weighted by molar-refractivity contribution is 5.26. The Balaban J connectivity index is 2.93. The Hall–Kier alpha value is -1.69. The van der Waals surface area contributed by atoms with Gasteiger partial charge in [-0.3, -0.25) is 0 Å². The van der Waals surface area contributed by atoms with Gasteiger partial charge in [-0.1, -0.05) is 35.5 Å². The minimum atomic E-state index is -0.493. The molecule has 0 aliphatic carbocycles. The van der Waals surface area contributed by atoms with E-state index < -0.39 is 12.0 Å². The van der Waals surface area contributed by atoms with Crippen molar-refractivity contribution in [2.75, 3.05) is 0 Å². The Morgan fingerprint density at radius 3 is 2.46 bits per heavy atom. The van der Waals surface area contributed by atoms with E-state index in [0.717, 1.165) is 5.56 Å². The van der Waals surface area contributed by atoms with Gasteiger partial charge in [-0.25, -0.2) is 0 Å². The van der Waals surface area contributed by atoms with E-state index in [0.29, 0.717) is 0 Å². The lowest BCUT2D eigenvalue weighted by Gasteiger charge is -2.09. The summed E-state index contributed by atoms with van der Waals surface area (Å²) in [7, 11) is 0. The molecule has 1 rings (SSSR count). The molecule has 0 radical (unpaired) electrons. The van der Waals surface area contributed by atoms with Crippen LogP contribution in [0.1, 0.15) is 18.4 Å². The van der Waals surface area contributed by atoms with Gasteiger partial charge in [0, 0.05) is 0 Å². The summed E-state index contributed by atoms with van der Waals surface area (Å²) in [5.41, 5.74) is 0.845. The predicted molar refractivity (Wildman–Crippen MR) is 50.1 cm³/mol. The zero-order chi connectivity index (χ0) is 9.68. The molecule has 0 aliphatic heterocycles. The molecule has 0 spiro atoms. The molecule has 0 fully saturated rings. The van der Waals surface area contributed by atoms with E-state index in [4.69, 9.17) is 5.26 Å². The molecule has 0 bridgehead atoms. The smallest absolute Gasteiger partial charge is 0.109 e. The summed E-state index contributed by atoms with van der Waals surface area (Å²) in [4.78, 5) is 10.3. The van der Waals surface area contributed by atoms with Crippen molar-refractivity contribution in [3.05, 3.63) is 40.8 Å². The molecule has 66 valence electrons. The summed E-state index contributed by atoms with van der Waals surface area (Å²) in [6.07, 6.45) is 0. The number of hydrogen-bond donors (Lipinski definition) is 0. The van der Waals surface area contributed by atoms with Gasteiger partial charge in [-0.2, -0.15) is 10.2 Å². The van der Waals surface area contributed by atoms with Crippen LogP contribution in [0, 0.1) is 16.2 Å². The molecular weight excluding hydrogens is 164 g/mol. The molecule has 3 nitrogen and oxygen atoms in total. The monoisotopic (exact) mass is 174 g/mol. The van der Waals surface area contributed by atoms with Crippen molar-refractivity contribution >= 4 is 0 Å². The average molecular weight is 174 g/mol. The van der Waals surface area contributed by atoms with Gasteiger partial charge in [0.05, 0.1) is 12.0 Å². The first-order chi connectivity index (χ1) is 6.29. The highest BCUT2D eigenvalue weighted by atomic mass is 16.3. The van der Waals surface area contributed by atoms with Crippen molar-refractivity contribution in [1.29, 1.82) is 5.26 Å². The number of nitroso groups, excluding NO2 is 1. The quantitative estimate of drug-likeness (QED) is 0.661. The second-order valence-electron chi connectivity index (χ2n) is 2.86. The third-order valence-corrected chi connectivity index (χ3v) is 1.95. The molecule has 1 aromatic rings. The van der Waals surface area contributed by atoms with Crippen molar-refractivity contribution in [1.82, 2.24) is 0 Å². The van der Waals surface area contributed by atoms with E-state index in [1.165, 1.54) is 0 Å². The first-order valence-electron chi connectivity index (χ1n) is 4.06. The molecule has 0 saturated heterocycles. The maximum absolute atomic E-state index is 10.3. The molecule has 0 N–H and O–H groups in total. The average Bonchev–Trinajstić information content (AvgIpc) is 2.20. The van der Waals surface area contributed by atoms with Crippen LogP contribution in [0.25, 0.3) is 0 Å². The lowest BCUT2D eigenvalue weighted by molar-refractivity contribution is 0.669. The minimum absolute atomic E-state index is 0.432.